The second kappa shape index (κ2) is 7.98. The van der Waals surface area contributed by atoms with E-state index >= 15 is 0 Å². The van der Waals surface area contributed by atoms with Crippen LogP contribution < -0.4 is 14.5 Å². The van der Waals surface area contributed by atoms with Gasteiger partial charge in [0.05, 0.1) is 36.3 Å². The largest absolute Gasteiger partial charge is 0.493 e. The Kier molecular flexibility index (Phi) is 5.63. The van der Waals surface area contributed by atoms with Crippen LogP contribution in [0.5, 0.6) is 11.5 Å². The van der Waals surface area contributed by atoms with Gasteiger partial charge in [-0.1, -0.05) is 12.1 Å². The van der Waals surface area contributed by atoms with E-state index in [0.29, 0.717) is 29.4 Å². The molecule has 0 aliphatic carbocycles. The second-order valence-corrected chi connectivity index (χ2v) is 6.25. The topological polar surface area (TPSA) is 51.1 Å². The number of anilines is 1. The van der Waals surface area contributed by atoms with Crippen molar-refractivity contribution in [1.29, 1.82) is 0 Å². The summed E-state index contributed by atoms with van der Waals surface area (Å²) in [7, 11) is 1.51. The highest BCUT2D eigenvalue weighted by molar-refractivity contribution is 6.32. The predicted octanol–water partition coefficient (Wildman–Crippen LogP) is 4.92. The minimum atomic E-state index is -4.50. The highest BCUT2D eigenvalue weighted by Gasteiger charge is 2.33. The van der Waals surface area contributed by atoms with Crippen LogP contribution in [0.15, 0.2) is 53.1 Å². The molecule has 0 atom stereocenters. The Bertz CT molecular complexity index is 997. The third-order valence-corrected chi connectivity index (χ3v) is 4.28. The fourth-order valence-electron chi connectivity index (χ4n) is 2.89. The van der Waals surface area contributed by atoms with E-state index in [2.05, 4.69) is 5.10 Å². The number of rotatable bonds is 5. The van der Waals surface area contributed by atoms with Crippen molar-refractivity contribution in [3.05, 3.63) is 59.2 Å². The number of nitrogens with zero attached hydrogens (tertiary/aromatic N) is 2. The zero-order valence-corrected chi connectivity index (χ0v) is 16.1. The van der Waals surface area contributed by atoms with E-state index < -0.39 is 17.6 Å². The Morgan fingerprint density at radius 3 is 2.55 bits per heavy atom. The standard InChI is InChI=1S/C21H19F3N2O3/c1-4-29-18-9-8-14(11-19(18)28-3)10-17-13(2)25-26(20(17)27)16-7-5-6-15(12-16)21(22,23)24/h5-12H,4H2,1-3H3/b17-10-. The number of benzene rings is 2. The van der Waals surface area contributed by atoms with Crippen LogP contribution in [0.4, 0.5) is 18.9 Å². The number of alkyl halides is 3. The number of amides is 1. The molecule has 5 nitrogen and oxygen atoms in total. The van der Waals surface area contributed by atoms with Gasteiger partial charge in [0.2, 0.25) is 0 Å². The maximum absolute atomic E-state index is 13.0. The monoisotopic (exact) mass is 404 g/mol. The summed E-state index contributed by atoms with van der Waals surface area (Å²) < 4.78 is 49.7. The van der Waals surface area contributed by atoms with E-state index in [9.17, 15) is 18.0 Å². The van der Waals surface area contributed by atoms with Gasteiger partial charge in [-0.2, -0.15) is 23.3 Å². The van der Waals surface area contributed by atoms with Gasteiger partial charge in [-0.15, -0.1) is 0 Å². The minimum Gasteiger partial charge on any atom is -0.493 e. The highest BCUT2D eigenvalue weighted by Crippen LogP contribution is 2.34. The third-order valence-electron chi connectivity index (χ3n) is 4.28. The maximum atomic E-state index is 13.0. The van der Waals surface area contributed by atoms with Crippen molar-refractivity contribution >= 4 is 23.4 Å². The number of ether oxygens (including phenoxy) is 2. The normalized spacial score (nSPS) is 15.7. The Balaban J connectivity index is 1.93. The molecule has 2 aromatic carbocycles. The lowest BCUT2D eigenvalue weighted by Crippen LogP contribution is -2.21. The van der Waals surface area contributed by atoms with Crippen molar-refractivity contribution in [3.63, 3.8) is 0 Å². The van der Waals surface area contributed by atoms with Crippen molar-refractivity contribution in [2.45, 2.75) is 20.0 Å². The lowest BCUT2D eigenvalue weighted by molar-refractivity contribution is -0.137. The quantitative estimate of drug-likeness (QED) is 0.665. The van der Waals surface area contributed by atoms with Gasteiger partial charge >= 0.3 is 6.18 Å². The highest BCUT2D eigenvalue weighted by atomic mass is 19.4. The Morgan fingerprint density at radius 2 is 1.90 bits per heavy atom. The summed E-state index contributed by atoms with van der Waals surface area (Å²) in [6.07, 6.45) is -2.89. The molecule has 1 amide bonds. The lowest BCUT2D eigenvalue weighted by Gasteiger charge is -2.14. The van der Waals surface area contributed by atoms with Crippen molar-refractivity contribution in [2.24, 2.45) is 5.10 Å². The fourth-order valence-corrected chi connectivity index (χ4v) is 2.89. The van der Waals surface area contributed by atoms with E-state index in [1.807, 2.05) is 6.92 Å². The van der Waals surface area contributed by atoms with Gasteiger partial charge < -0.3 is 9.47 Å². The molecule has 3 rings (SSSR count). The van der Waals surface area contributed by atoms with E-state index in [0.717, 1.165) is 17.1 Å². The Morgan fingerprint density at radius 1 is 1.14 bits per heavy atom. The smallest absolute Gasteiger partial charge is 0.416 e. The minimum absolute atomic E-state index is 0.0526. The molecule has 1 heterocycles. The Labute approximate surface area is 166 Å². The van der Waals surface area contributed by atoms with Crippen LogP contribution in [0.2, 0.25) is 0 Å². The molecule has 152 valence electrons. The zero-order chi connectivity index (χ0) is 21.2. The zero-order valence-electron chi connectivity index (χ0n) is 16.1. The molecule has 8 heteroatoms. The van der Waals surface area contributed by atoms with Crippen molar-refractivity contribution in [3.8, 4) is 11.5 Å². The molecule has 0 radical (unpaired) electrons. The van der Waals surface area contributed by atoms with E-state index in [-0.39, 0.29) is 11.3 Å². The molecule has 0 saturated heterocycles. The van der Waals surface area contributed by atoms with E-state index in [4.69, 9.17) is 9.47 Å². The summed E-state index contributed by atoms with van der Waals surface area (Å²) in [5.74, 6) is 0.580. The average molecular weight is 404 g/mol. The average Bonchev–Trinajstić information content (AvgIpc) is 2.97. The van der Waals surface area contributed by atoms with Gasteiger partial charge in [-0.3, -0.25) is 4.79 Å². The van der Waals surface area contributed by atoms with Crippen LogP contribution in [-0.2, 0) is 11.0 Å². The van der Waals surface area contributed by atoms with Crippen LogP contribution in [0, 0.1) is 0 Å². The van der Waals surface area contributed by atoms with Gasteiger partial charge in [0, 0.05) is 0 Å². The van der Waals surface area contributed by atoms with Gasteiger partial charge in [0.1, 0.15) is 0 Å². The van der Waals surface area contributed by atoms with Crippen molar-refractivity contribution < 1.29 is 27.4 Å². The van der Waals surface area contributed by atoms with Crippen LogP contribution in [0.25, 0.3) is 6.08 Å². The summed E-state index contributed by atoms with van der Waals surface area (Å²) in [4.78, 5) is 12.8. The molecule has 1 aliphatic heterocycles. The second-order valence-electron chi connectivity index (χ2n) is 6.25. The van der Waals surface area contributed by atoms with Gasteiger partial charge in [0.15, 0.2) is 11.5 Å². The van der Waals surface area contributed by atoms with E-state index in [1.165, 1.54) is 19.2 Å². The van der Waals surface area contributed by atoms with Crippen LogP contribution in [0.1, 0.15) is 25.0 Å². The Hall–Kier alpha value is -3.29. The molecule has 0 aromatic heterocycles. The maximum Gasteiger partial charge on any atom is 0.416 e. The summed E-state index contributed by atoms with van der Waals surface area (Å²) in [6, 6.07) is 9.70. The number of hydrogen-bond acceptors (Lipinski definition) is 4. The molecule has 0 bridgehead atoms. The lowest BCUT2D eigenvalue weighted by atomic mass is 10.1. The van der Waals surface area contributed by atoms with Gasteiger partial charge in [0.25, 0.3) is 5.91 Å². The first-order valence-corrected chi connectivity index (χ1v) is 8.84. The van der Waals surface area contributed by atoms with Crippen LogP contribution in [0.3, 0.4) is 0 Å². The van der Waals surface area contributed by atoms with E-state index in [1.54, 1.807) is 31.2 Å². The number of hydrogen-bond donors (Lipinski definition) is 0. The summed E-state index contributed by atoms with van der Waals surface area (Å²) in [6.45, 7) is 3.96. The number of carbonyl (C=O) groups is 1. The number of methoxy groups -OCH3 is 1. The molecular weight excluding hydrogens is 385 g/mol. The fraction of sp³-hybridized carbons (Fsp3) is 0.238. The number of halogens is 3. The summed E-state index contributed by atoms with van der Waals surface area (Å²) in [5, 5.41) is 5.11. The first-order valence-electron chi connectivity index (χ1n) is 8.84. The third kappa shape index (κ3) is 4.26. The number of hydrazone groups is 1. The molecule has 2 aromatic rings. The molecule has 0 saturated carbocycles. The molecule has 0 fully saturated rings. The van der Waals surface area contributed by atoms with Crippen molar-refractivity contribution in [1.82, 2.24) is 0 Å². The first-order chi connectivity index (χ1) is 13.7. The molecule has 0 spiro atoms. The van der Waals surface area contributed by atoms with Crippen LogP contribution >= 0.6 is 0 Å². The summed E-state index contributed by atoms with van der Waals surface area (Å²) >= 11 is 0. The molecule has 1 aliphatic rings. The number of carbonyl (C=O) groups excluding carboxylic acids is 1. The molecule has 29 heavy (non-hydrogen) atoms. The summed E-state index contributed by atoms with van der Waals surface area (Å²) in [5.41, 5.74) is 0.573. The molecule has 0 N–H and O–H groups in total. The van der Waals surface area contributed by atoms with Crippen LogP contribution in [-0.4, -0.2) is 25.3 Å². The SMILES string of the molecule is CCOc1ccc(/C=C2\C(=O)N(c3cccc(C(F)(F)F)c3)N=C2C)cc1OC. The molecule has 0 unspecified atom stereocenters. The molecular formula is C21H19F3N2O3. The predicted molar refractivity (Wildman–Crippen MR) is 104 cm³/mol. The van der Waals surface area contributed by atoms with Gasteiger partial charge in [-0.05, 0) is 55.8 Å². The first kappa shape index (κ1) is 20.4. The van der Waals surface area contributed by atoms with Crippen molar-refractivity contribution in [2.75, 3.05) is 18.7 Å². The van der Waals surface area contributed by atoms with Gasteiger partial charge in [-0.25, -0.2) is 0 Å².